The fourth-order valence-corrected chi connectivity index (χ4v) is 1.63. The molecular weight excluding hydrogens is 332 g/mol. The summed E-state index contributed by atoms with van der Waals surface area (Å²) in [7, 11) is 0. The Morgan fingerprint density at radius 3 is 2.38 bits per heavy atom. The molecule has 0 aliphatic rings. The summed E-state index contributed by atoms with van der Waals surface area (Å²) in [6.45, 7) is 3.46. The minimum absolute atomic E-state index is 0.281. The van der Waals surface area contributed by atoms with Gasteiger partial charge in [0.25, 0.3) is 0 Å². The first-order valence-corrected chi connectivity index (χ1v) is 8.63. The van der Waals surface area contributed by atoms with E-state index < -0.39 is 30.2 Å². The maximum absolute atomic E-state index is 10.7. The van der Waals surface area contributed by atoms with Gasteiger partial charge in [0, 0.05) is 6.42 Å². The molecule has 1 unspecified atom stereocenters. The molecule has 0 aliphatic carbocycles. The lowest BCUT2D eigenvalue weighted by atomic mass is 10.0. The predicted molar refractivity (Wildman–Crippen MR) is 102 cm³/mol. The van der Waals surface area contributed by atoms with Crippen LogP contribution in [0.3, 0.4) is 0 Å². The summed E-state index contributed by atoms with van der Waals surface area (Å²) >= 11 is 0. The van der Waals surface area contributed by atoms with Gasteiger partial charge in [0.2, 0.25) is 0 Å². The summed E-state index contributed by atoms with van der Waals surface area (Å²) in [5, 5.41) is 37.4. The molecule has 0 aromatic carbocycles. The molecule has 0 aliphatic heterocycles. The van der Waals surface area contributed by atoms with Crippen LogP contribution < -0.4 is 0 Å². The van der Waals surface area contributed by atoms with Crippen LogP contribution in [0.5, 0.6) is 0 Å². The zero-order chi connectivity index (χ0) is 19.8. The Balaban J connectivity index is 4.12. The fraction of sp³-hybridized carbons (Fsp3) is 0.476. The number of carboxylic acids is 1. The van der Waals surface area contributed by atoms with E-state index in [2.05, 4.69) is 23.7 Å². The first-order valence-electron chi connectivity index (χ1n) is 8.63. The van der Waals surface area contributed by atoms with Crippen molar-refractivity contribution in [2.45, 2.75) is 57.8 Å². The van der Waals surface area contributed by atoms with Crippen molar-refractivity contribution in [3.05, 3.63) is 36.5 Å². The molecule has 0 amide bonds. The average molecular weight is 360 g/mol. The Kier molecular flexibility index (Phi) is 13.7. The van der Waals surface area contributed by atoms with Gasteiger partial charge in [0.05, 0.1) is 18.1 Å². The van der Waals surface area contributed by atoms with E-state index in [1.165, 1.54) is 6.08 Å². The van der Waals surface area contributed by atoms with Crippen LogP contribution in [-0.4, -0.2) is 44.7 Å². The van der Waals surface area contributed by atoms with Gasteiger partial charge in [0.15, 0.2) is 0 Å². The van der Waals surface area contributed by atoms with Crippen molar-refractivity contribution < 1.29 is 25.2 Å². The lowest BCUT2D eigenvalue weighted by molar-refractivity contribution is -0.141. The van der Waals surface area contributed by atoms with Crippen LogP contribution in [0.15, 0.2) is 36.5 Å². The van der Waals surface area contributed by atoms with E-state index in [0.717, 1.165) is 0 Å². The molecule has 0 aromatic rings. The first-order chi connectivity index (χ1) is 12.4. The molecule has 0 aromatic heterocycles. The van der Waals surface area contributed by atoms with Gasteiger partial charge in [-0.2, -0.15) is 0 Å². The largest absolute Gasteiger partial charge is 0.481 e. The van der Waals surface area contributed by atoms with Crippen molar-refractivity contribution in [2.24, 2.45) is 5.92 Å². The Morgan fingerprint density at radius 2 is 1.73 bits per heavy atom. The number of rotatable bonds is 9. The van der Waals surface area contributed by atoms with Crippen LogP contribution >= 0.6 is 0 Å². The number of hydrogen-bond donors (Lipinski definition) is 4. The van der Waals surface area contributed by atoms with Crippen molar-refractivity contribution in [1.82, 2.24) is 0 Å². The molecule has 0 radical (unpaired) electrons. The second-order valence-electron chi connectivity index (χ2n) is 5.79. The maximum atomic E-state index is 10.7. The molecule has 0 fully saturated rings. The van der Waals surface area contributed by atoms with Crippen molar-refractivity contribution >= 4 is 5.97 Å². The average Bonchev–Trinajstić information content (AvgIpc) is 2.61. The summed E-state index contributed by atoms with van der Waals surface area (Å²) in [6.07, 6.45) is 9.11. The Hall–Kier alpha value is -2.31. The van der Waals surface area contributed by atoms with Crippen LogP contribution in [0.25, 0.3) is 0 Å². The molecule has 0 saturated heterocycles. The number of aliphatic hydroxyl groups excluding tert-OH is 3. The van der Waals surface area contributed by atoms with E-state index in [4.69, 9.17) is 5.11 Å². The van der Waals surface area contributed by atoms with Crippen molar-refractivity contribution in [3.8, 4) is 23.7 Å². The monoisotopic (exact) mass is 360 g/mol. The van der Waals surface area contributed by atoms with Crippen LogP contribution in [0.2, 0.25) is 0 Å². The number of allylic oxidation sites excluding steroid dienone is 4. The summed E-state index contributed by atoms with van der Waals surface area (Å²) < 4.78 is 0. The van der Waals surface area contributed by atoms with Gasteiger partial charge in [-0.05, 0) is 37.5 Å². The van der Waals surface area contributed by atoms with Gasteiger partial charge in [-0.15, -0.1) is 0 Å². The third kappa shape index (κ3) is 14.1. The topological polar surface area (TPSA) is 98.0 Å². The van der Waals surface area contributed by atoms with Crippen LogP contribution in [0, 0.1) is 29.6 Å². The Labute approximate surface area is 155 Å². The molecule has 5 nitrogen and oxygen atoms in total. The molecule has 0 heterocycles. The minimum Gasteiger partial charge on any atom is -0.481 e. The SMILES string of the molecule is CC[C@@H](O)C=CC#CC[C@@H](O)C=CC=CC#C[C@@H](O)CCC(C)C(=O)O. The molecule has 142 valence electrons. The second kappa shape index (κ2) is 15.0. The van der Waals surface area contributed by atoms with Gasteiger partial charge in [0.1, 0.15) is 6.10 Å². The molecule has 0 rings (SSSR count). The number of carbonyl (C=O) groups is 1. The number of carboxylic acid groups (broad SMARTS) is 1. The molecule has 0 spiro atoms. The van der Waals surface area contributed by atoms with Gasteiger partial charge in [-0.25, -0.2) is 0 Å². The van der Waals surface area contributed by atoms with Gasteiger partial charge in [-0.1, -0.05) is 55.8 Å². The lowest BCUT2D eigenvalue weighted by Gasteiger charge is -2.06. The molecule has 4 N–H and O–H groups in total. The fourth-order valence-electron chi connectivity index (χ4n) is 1.63. The third-order valence-electron chi connectivity index (χ3n) is 3.40. The molecule has 0 bridgehead atoms. The smallest absolute Gasteiger partial charge is 0.306 e. The molecule has 0 saturated carbocycles. The Bertz CT molecular complexity index is 610. The first kappa shape index (κ1) is 23.7. The van der Waals surface area contributed by atoms with Crippen LogP contribution in [0.4, 0.5) is 0 Å². The van der Waals surface area contributed by atoms with E-state index in [9.17, 15) is 20.1 Å². The van der Waals surface area contributed by atoms with E-state index >= 15 is 0 Å². The summed E-state index contributed by atoms with van der Waals surface area (Å²) in [4.78, 5) is 10.7. The lowest BCUT2D eigenvalue weighted by Crippen LogP contribution is -2.13. The van der Waals surface area contributed by atoms with Crippen molar-refractivity contribution in [3.63, 3.8) is 0 Å². The highest BCUT2D eigenvalue weighted by atomic mass is 16.4. The van der Waals surface area contributed by atoms with E-state index in [1.807, 2.05) is 6.92 Å². The quantitative estimate of drug-likeness (QED) is 0.373. The van der Waals surface area contributed by atoms with Gasteiger partial charge in [-0.3, -0.25) is 4.79 Å². The summed E-state index contributed by atoms with van der Waals surface area (Å²) in [6, 6.07) is 0. The molecule has 26 heavy (non-hydrogen) atoms. The van der Waals surface area contributed by atoms with Gasteiger partial charge >= 0.3 is 5.97 Å². The maximum Gasteiger partial charge on any atom is 0.306 e. The summed E-state index contributed by atoms with van der Waals surface area (Å²) in [5.74, 6) is 9.42. The van der Waals surface area contributed by atoms with Crippen molar-refractivity contribution in [2.75, 3.05) is 0 Å². The van der Waals surface area contributed by atoms with E-state index in [1.54, 1.807) is 37.3 Å². The predicted octanol–water partition coefficient (Wildman–Crippen LogP) is 2.05. The standard InChI is InChI=1S/C21H28O5/c1-3-18(22)11-9-6-10-13-19(23)12-7-4-5-8-14-20(24)16-15-17(2)21(25)26/h4-5,7,9,11-12,17-20,22-24H,3,13,15-16H2,1-2H3,(H,25,26)/t17?,18-,19+,20-/m1/s1. The van der Waals surface area contributed by atoms with Crippen molar-refractivity contribution in [1.29, 1.82) is 0 Å². The zero-order valence-electron chi connectivity index (χ0n) is 15.3. The van der Waals surface area contributed by atoms with Crippen LogP contribution in [0.1, 0.15) is 39.5 Å². The second-order valence-corrected chi connectivity index (χ2v) is 5.79. The molecular formula is C21H28O5. The molecule has 4 atom stereocenters. The third-order valence-corrected chi connectivity index (χ3v) is 3.40. The highest BCUT2D eigenvalue weighted by Crippen LogP contribution is 2.07. The highest BCUT2D eigenvalue weighted by Gasteiger charge is 2.11. The van der Waals surface area contributed by atoms with Gasteiger partial charge < -0.3 is 20.4 Å². The highest BCUT2D eigenvalue weighted by molar-refractivity contribution is 5.69. The Morgan fingerprint density at radius 1 is 1.00 bits per heavy atom. The number of aliphatic carboxylic acids is 1. The number of hydrogen-bond acceptors (Lipinski definition) is 4. The van der Waals surface area contributed by atoms with Crippen LogP contribution in [-0.2, 0) is 4.79 Å². The zero-order valence-corrected chi connectivity index (χ0v) is 15.3. The minimum atomic E-state index is -0.881. The summed E-state index contributed by atoms with van der Waals surface area (Å²) in [5.41, 5.74) is 0. The van der Waals surface area contributed by atoms with E-state index in [-0.39, 0.29) is 6.42 Å². The molecule has 5 heteroatoms. The van der Waals surface area contributed by atoms with E-state index in [0.29, 0.717) is 19.3 Å². The number of aliphatic hydroxyl groups is 3. The normalized spacial score (nSPS) is 15.9.